The molecule has 2 heterocycles. The van der Waals surface area contributed by atoms with Gasteiger partial charge in [-0.15, -0.1) is 0 Å². The quantitative estimate of drug-likeness (QED) is 0.653. The summed E-state index contributed by atoms with van der Waals surface area (Å²) >= 11 is 0. The number of likely N-dealkylation sites (N-methyl/N-ethyl adjacent to an activating group) is 1. The van der Waals surface area contributed by atoms with Crippen LogP contribution < -0.4 is 4.90 Å². The third-order valence-electron chi connectivity index (χ3n) is 6.87. The summed E-state index contributed by atoms with van der Waals surface area (Å²) in [5.74, 6) is -0.975. The standard InChI is InChI=1S/C26H24F2N2O2/c1-29-23-10-9-16(19-7-2-3-8-22(19)28)14-21(23)25-20(24(29)15-31)11-12-30(25)26(32)17-5-4-6-18(27)13-17/h2-10,13-14,20,24-25,31H,11-12,15H2,1H3/t20-,24+,25-/m1/s1. The zero-order chi connectivity index (χ0) is 22.4. The molecule has 1 fully saturated rings. The van der Waals surface area contributed by atoms with E-state index in [2.05, 4.69) is 4.90 Å². The summed E-state index contributed by atoms with van der Waals surface area (Å²) in [6.45, 7) is 0.479. The molecule has 1 N–H and O–H groups in total. The minimum Gasteiger partial charge on any atom is -0.394 e. The number of benzene rings is 3. The molecule has 0 saturated carbocycles. The van der Waals surface area contributed by atoms with Crippen LogP contribution >= 0.6 is 0 Å². The molecule has 2 aliphatic heterocycles. The molecule has 0 radical (unpaired) electrons. The van der Waals surface area contributed by atoms with Gasteiger partial charge in [0.15, 0.2) is 0 Å². The van der Waals surface area contributed by atoms with E-state index in [4.69, 9.17) is 0 Å². The number of hydrogen-bond acceptors (Lipinski definition) is 3. The summed E-state index contributed by atoms with van der Waals surface area (Å²) in [5.41, 5.74) is 3.37. The second-order valence-electron chi connectivity index (χ2n) is 8.52. The average Bonchev–Trinajstić information content (AvgIpc) is 3.24. The molecule has 3 aromatic carbocycles. The highest BCUT2D eigenvalue weighted by Gasteiger charge is 2.47. The van der Waals surface area contributed by atoms with Crippen molar-refractivity contribution in [3.05, 3.63) is 89.5 Å². The number of carbonyl (C=O) groups is 1. The number of fused-ring (bicyclic) bond motifs is 3. The molecule has 1 amide bonds. The van der Waals surface area contributed by atoms with Gasteiger partial charge in [-0.2, -0.15) is 0 Å². The van der Waals surface area contributed by atoms with Gasteiger partial charge in [0.05, 0.1) is 18.7 Å². The van der Waals surface area contributed by atoms with E-state index in [1.807, 2.05) is 25.2 Å². The van der Waals surface area contributed by atoms with Gasteiger partial charge in [-0.1, -0.05) is 30.3 Å². The van der Waals surface area contributed by atoms with E-state index >= 15 is 0 Å². The second kappa shape index (κ2) is 8.02. The molecular formula is C26H24F2N2O2. The molecule has 0 bridgehead atoms. The Morgan fingerprint density at radius 1 is 1.06 bits per heavy atom. The van der Waals surface area contributed by atoms with Gasteiger partial charge >= 0.3 is 0 Å². The Hall–Kier alpha value is -3.25. The number of nitrogens with zero attached hydrogens (tertiary/aromatic N) is 2. The maximum absolute atomic E-state index is 14.5. The van der Waals surface area contributed by atoms with Crippen LogP contribution in [0.3, 0.4) is 0 Å². The van der Waals surface area contributed by atoms with Gasteiger partial charge < -0.3 is 14.9 Å². The lowest BCUT2D eigenvalue weighted by Crippen LogP contribution is -2.48. The van der Waals surface area contributed by atoms with Crippen molar-refractivity contribution >= 4 is 11.6 Å². The van der Waals surface area contributed by atoms with Crippen LogP contribution in [-0.4, -0.2) is 42.2 Å². The second-order valence-corrected chi connectivity index (χ2v) is 8.52. The topological polar surface area (TPSA) is 43.8 Å². The number of hydrogen-bond donors (Lipinski definition) is 1. The summed E-state index contributed by atoms with van der Waals surface area (Å²) in [4.78, 5) is 17.2. The highest BCUT2D eigenvalue weighted by molar-refractivity contribution is 5.95. The number of likely N-dealkylation sites (tertiary alicyclic amines) is 1. The van der Waals surface area contributed by atoms with Gasteiger partial charge in [0.1, 0.15) is 11.6 Å². The molecule has 2 aliphatic rings. The van der Waals surface area contributed by atoms with Crippen LogP contribution in [-0.2, 0) is 0 Å². The molecule has 6 heteroatoms. The van der Waals surface area contributed by atoms with Gasteiger partial charge in [0.2, 0.25) is 0 Å². The monoisotopic (exact) mass is 434 g/mol. The number of rotatable bonds is 3. The Balaban J connectivity index is 1.62. The molecule has 164 valence electrons. The summed E-state index contributed by atoms with van der Waals surface area (Å²) in [6, 6.07) is 17.7. The highest BCUT2D eigenvalue weighted by atomic mass is 19.1. The van der Waals surface area contributed by atoms with E-state index in [0.29, 0.717) is 17.7 Å². The van der Waals surface area contributed by atoms with E-state index in [1.54, 1.807) is 29.2 Å². The Morgan fingerprint density at radius 2 is 1.88 bits per heavy atom. The zero-order valence-corrected chi connectivity index (χ0v) is 17.7. The van der Waals surface area contributed by atoms with E-state index in [1.165, 1.54) is 24.3 Å². The van der Waals surface area contributed by atoms with E-state index in [0.717, 1.165) is 23.2 Å². The van der Waals surface area contributed by atoms with Crippen LogP contribution in [0.2, 0.25) is 0 Å². The van der Waals surface area contributed by atoms with Crippen molar-refractivity contribution in [1.82, 2.24) is 4.90 Å². The molecule has 0 aromatic heterocycles. The lowest BCUT2D eigenvalue weighted by molar-refractivity contribution is 0.0693. The van der Waals surface area contributed by atoms with Gasteiger partial charge in [-0.25, -0.2) is 8.78 Å². The Morgan fingerprint density at radius 3 is 2.62 bits per heavy atom. The predicted octanol–water partition coefficient (Wildman–Crippen LogP) is 4.65. The van der Waals surface area contributed by atoms with Gasteiger partial charge in [-0.05, 0) is 53.9 Å². The molecule has 32 heavy (non-hydrogen) atoms. The van der Waals surface area contributed by atoms with E-state index < -0.39 is 5.82 Å². The third kappa shape index (κ3) is 3.26. The maximum atomic E-state index is 14.5. The van der Waals surface area contributed by atoms with Crippen molar-refractivity contribution in [2.24, 2.45) is 5.92 Å². The average molecular weight is 434 g/mol. The molecule has 3 atom stereocenters. The van der Waals surface area contributed by atoms with Crippen molar-refractivity contribution in [2.45, 2.75) is 18.5 Å². The van der Waals surface area contributed by atoms with Crippen molar-refractivity contribution in [3.63, 3.8) is 0 Å². The number of halogens is 2. The number of anilines is 1. The van der Waals surface area contributed by atoms with Gasteiger partial charge in [-0.3, -0.25) is 4.79 Å². The molecule has 0 aliphatic carbocycles. The highest BCUT2D eigenvalue weighted by Crippen LogP contribution is 2.49. The van der Waals surface area contributed by atoms with Crippen molar-refractivity contribution < 1.29 is 18.7 Å². The van der Waals surface area contributed by atoms with Crippen molar-refractivity contribution in [1.29, 1.82) is 0 Å². The van der Waals surface area contributed by atoms with Crippen molar-refractivity contribution in [3.8, 4) is 11.1 Å². The SMILES string of the molecule is CN1c2ccc(-c3ccccc3F)cc2[C@H]2[C@H](CCN2C(=O)c2cccc(F)c2)[C@@H]1CO. The number of carbonyl (C=O) groups excluding carboxylic acids is 1. The largest absolute Gasteiger partial charge is 0.394 e. The molecule has 0 unspecified atom stereocenters. The Kier molecular flexibility index (Phi) is 5.18. The number of aliphatic hydroxyl groups excluding tert-OH is 1. The van der Waals surface area contributed by atoms with Crippen LogP contribution in [0.5, 0.6) is 0 Å². The molecule has 1 saturated heterocycles. The lowest BCUT2D eigenvalue weighted by Gasteiger charge is -2.44. The first kappa shape index (κ1) is 20.6. The molecule has 4 nitrogen and oxygen atoms in total. The summed E-state index contributed by atoms with van der Waals surface area (Å²) in [7, 11) is 1.94. The fourth-order valence-electron chi connectivity index (χ4n) is 5.33. The first-order valence-electron chi connectivity index (χ1n) is 10.8. The van der Waals surface area contributed by atoms with Crippen LogP contribution in [0.4, 0.5) is 14.5 Å². The predicted molar refractivity (Wildman–Crippen MR) is 119 cm³/mol. The lowest BCUT2D eigenvalue weighted by atomic mass is 9.81. The minimum absolute atomic E-state index is 0.0193. The molecular weight excluding hydrogens is 410 g/mol. The van der Waals surface area contributed by atoms with E-state index in [-0.39, 0.29) is 36.3 Å². The smallest absolute Gasteiger partial charge is 0.254 e. The summed E-state index contributed by atoms with van der Waals surface area (Å²) in [6.07, 6.45) is 0.727. The first-order valence-corrected chi connectivity index (χ1v) is 10.8. The molecule has 0 spiro atoms. The Bertz CT molecular complexity index is 1180. The van der Waals surface area contributed by atoms with Crippen LogP contribution in [0, 0.1) is 17.6 Å². The first-order chi connectivity index (χ1) is 15.5. The van der Waals surface area contributed by atoms with Gasteiger partial charge in [0.25, 0.3) is 5.91 Å². The fraction of sp³-hybridized carbons (Fsp3) is 0.269. The molecule has 3 aromatic rings. The molecule has 5 rings (SSSR count). The number of amides is 1. The van der Waals surface area contributed by atoms with Crippen LogP contribution in [0.1, 0.15) is 28.4 Å². The maximum Gasteiger partial charge on any atom is 0.254 e. The fourth-order valence-corrected chi connectivity index (χ4v) is 5.33. The van der Waals surface area contributed by atoms with E-state index in [9.17, 15) is 18.7 Å². The number of aliphatic hydroxyl groups is 1. The minimum atomic E-state index is -0.453. The van der Waals surface area contributed by atoms with Crippen LogP contribution in [0.15, 0.2) is 66.7 Å². The summed E-state index contributed by atoms with van der Waals surface area (Å²) in [5, 5.41) is 10.1. The van der Waals surface area contributed by atoms with Crippen LogP contribution in [0.25, 0.3) is 11.1 Å². The third-order valence-corrected chi connectivity index (χ3v) is 6.87. The Labute approximate surface area is 185 Å². The van der Waals surface area contributed by atoms with Gasteiger partial charge in [0, 0.05) is 36.3 Å². The normalized spacial score (nSPS) is 21.9. The summed E-state index contributed by atoms with van der Waals surface area (Å²) < 4.78 is 28.3. The van der Waals surface area contributed by atoms with Crippen molar-refractivity contribution in [2.75, 3.05) is 25.1 Å². The zero-order valence-electron chi connectivity index (χ0n) is 17.7.